The normalized spacial score (nSPS) is 14.4. The quantitative estimate of drug-likeness (QED) is 0.787. The molecule has 7 heteroatoms. The van der Waals surface area contributed by atoms with Gasteiger partial charge in [-0.25, -0.2) is 13.8 Å². The number of benzene rings is 1. The van der Waals surface area contributed by atoms with Crippen LogP contribution in [0.25, 0.3) is 10.9 Å². The smallest absolute Gasteiger partial charge is 0.185 e. The number of hydrogen-bond donors (Lipinski definition) is 1. The fraction of sp³-hybridized carbons (Fsp3) is 0.389. The maximum absolute atomic E-state index is 14.1. The van der Waals surface area contributed by atoms with Crippen molar-refractivity contribution in [2.24, 2.45) is 0 Å². The fourth-order valence-electron chi connectivity index (χ4n) is 3.36. The van der Waals surface area contributed by atoms with E-state index in [0.717, 1.165) is 43.5 Å². The number of nitrogens with zero attached hydrogens (tertiary/aromatic N) is 4. The maximum atomic E-state index is 14.1. The van der Waals surface area contributed by atoms with E-state index in [4.69, 9.17) is 0 Å². The summed E-state index contributed by atoms with van der Waals surface area (Å²) in [7, 11) is 0. The van der Waals surface area contributed by atoms with Gasteiger partial charge < -0.3 is 9.88 Å². The summed E-state index contributed by atoms with van der Waals surface area (Å²) in [6.07, 6.45) is 4.43. The van der Waals surface area contributed by atoms with Crippen molar-refractivity contribution < 1.29 is 8.78 Å². The van der Waals surface area contributed by atoms with Crippen LogP contribution < -0.4 is 5.32 Å². The average molecular weight is 343 g/mol. The van der Waals surface area contributed by atoms with Crippen molar-refractivity contribution in [1.82, 2.24) is 19.7 Å². The molecule has 0 bridgehead atoms. The lowest BCUT2D eigenvalue weighted by Crippen LogP contribution is -2.11. The van der Waals surface area contributed by atoms with E-state index in [9.17, 15) is 8.78 Å². The van der Waals surface area contributed by atoms with Gasteiger partial charge in [0.1, 0.15) is 11.3 Å². The zero-order chi connectivity index (χ0) is 17.4. The molecule has 1 aromatic carbocycles. The third kappa shape index (κ3) is 2.94. The summed E-state index contributed by atoms with van der Waals surface area (Å²) < 4.78 is 29.7. The van der Waals surface area contributed by atoms with Crippen molar-refractivity contribution >= 4 is 16.6 Å². The Morgan fingerprint density at radius 2 is 2.04 bits per heavy atom. The number of halogens is 2. The lowest BCUT2D eigenvalue weighted by molar-refractivity contribution is 0.515. The first-order valence-corrected chi connectivity index (χ1v) is 8.53. The van der Waals surface area contributed by atoms with Crippen LogP contribution in [0, 0.1) is 18.6 Å². The molecule has 1 N–H and O–H groups in total. The van der Waals surface area contributed by atoms with E-state index in [1.807, 2.05) is 6.07 Å². The van der Waals surface area contributed by atoms with Crippen molar-refractivity contribution in [2.75, 3.05) is 5.32 Å². The summed E-state index contributed by atoms with van der Waals surface area (Å²) >= 11 is 0. The van der Waals surface area contributed by atoms with Crippen molar-refractivity contribution in [2.45, 2.75) is 45.7 Å². The van der Waals surface area contributed by atoms with E-state index in [1.54, 1.807) is 13.0 Å². The fourth-order valence-corrected chi connectivity index (χ4v) is 3.36. The number of hydrogen-bond acceptors (Lipinski definition) is 4. The van der Waals surface area contributed by atoms with Crippen molar-refractivity contribution in [3.8, 4) is 0 Å². The van der Waals surface area contributed by atoms with E-state index < -0.39 is 11.6 Å². The van der Waals surface area contributed by atoms with Gasteiger partial charge in [0, 0.05) is 29.7 Å². The Morgan fingerprint density at radius 1 is 1.16 bits per heavy atom. The van der Waals surface area contributed by atoms with Gasteiger partial charge in [0.15, 0.2) is 17.5 Å². The van der Waals surface area contributed by atoms with Crippen LogP contribution in [0.4, 0.5) is 14.5 Å². The van der Waals surface area contributed by atoms with E-state index in [-0.39, 0.29) is 5.52 Å². The summed E-state index contributed by atoms with van der Waals surface area (Å²) in [5, 5.41) is 12.4. The zero-order valence-electron chi connectivity index (χ0n) is 14.0. The number of aromatic nitrogens is 4. The summed E-state index contributed by atoms with van der Waals surface area (Å²) in [5.74, 6) is 0.0835. The Morgan fingerprint density at radius 3 is 2.92 bits per heavy atom. The molecule has 0 atom stereocenters. The molecule has 4 rings (SSSR count). The minimum Gasteiger partial charge on any atom is -0.377 e. The number of anilines is 1. The molecule has 0 saturated heterocycles. The Hall–Kier alpha value is -2.57. The van der Waals surface area contributed by atoms with Gasteiger partial charge in [0.2, 0.25) is 0 Å². The molecule has 130 valence electrons. The first kappa shape index (κ1) is 15.9. The summed E-state index contributed by atoms with van der Waals surface area (Å²) in [6.45, 7) is 3.16. The second kappa shape index (κ2) is 6.38. The molecule has 0 saturated carbocycles. The van der Waals surface area contributed by atoms with Crippen molar-refractivity contribution in [3.05, 3.63) is 47.2 Å². The minimum atomic E-state index is -0.916. The van der Waals surface area contributed by atoms with Gasteiger partial charge in [-0.3, -0.25) is 0 Å². The molecule has 0 fully saturated rings. The van der Waals surface area contributed by atoms with Crippen LogP contribution in [0.2, 0.25) is 0 Å². The van der Waals surface area contributed by atoms with Crippen LogP contribution in [-0.4, -0.2) is 19.7 Å². The van der Waals surface area contributed by atoms with Crippen LogP contribution >= 0.6 is 0 Å². The predicted molar refractivity (Wildman–Crippen MR) is 91.3 cm³/mol. The third-order valence-electron chi connectivity index (χ3n) is 4.62. The molecule has 1 aliphatic heterocycles. The predicted octanol–water partition coefficient (Wildman–Crippen LogP) is 3.75. The molecular weight excluding hydrogens is 324 g/mol. The molecule has 0 radical (unpaired) electrons. The number of aryl methyl sites for hydroxylation is 2. The van der Waals surface area contributed by atoms with Gasteiger partial charge in [-0.2, -0.15) is 0 Å². The molecule has 3 aromatic rings. The van der Waals surface area contributed by atoms with E-state index in [0.29, 0.717) is 23.3 Å². The Bertz CT molecular complexity index is 935. The molecule has 0 spiro atoms. The van der Waals surface area contributed by atoms with Gasteiger partial charge in [-0.15, -0.1) is 10.2 Å². The third-order valence-corrected chi connectivity index (χ3v) is 4.62. The maximum Gasteiger partial charge on any atom is 0.185 e. The van der Waals surface area contributed by atoms with Gasteiger partial charge in [-0.05, 0) is 38.0 Å². The summed E-state index contributed by atoms with van der Waals surface area (Å²) in [5.41, 5.74) is 1.38. The minimum absolute atomic E-state index is 0.0440. The van der Waals surface area contributed by atoms with Gasteiger partial charge in [0.05, 0.1) is 6.54 Å². The number of fused-ring (bicyclic) bond motifs is 2. The Kier molecular flexibility index (Phi) is 4.07. The highest BCUT2D eigenvalue weighted by Crippen LogP contribution is 2.27. The van der Waals surface area contributed by atoms with Crippen molar-refractivity contribution in [3.63, 3.8) is 0 Å². The monoisotopic (exact) mass is 343 g/mol. The van der Waals surface area contributed by atoms with E-state index >= 15 is 0 Å². The SMILES string of the molecule is Cc1cc(NCc2nnc3n2CCCCC3)c2ccc(F)c(F)c2n1. The first-order chi connectivity index (χ1) is 12.1. The topological polar surface area (TPSA) is 55.6 Å². The average Bonchev–Trinajstić information content (AvgIpc) is 2.83. The number of pyridine rings is 1. The highest BCUT2D eigenvalue weighted by atomic mass is 19.2. The molecule has 5 nitrogen and oxygen atoms in total. The molecule has 3 heterocycles. The van der Waals surface area contributed by atoms with Crippen LogP contribution in [0.15, 0.2) is 18.2 Å². The van der Waals surface area contributed by atoms with Crippen LogP contribution in [0.3, 0.4) is 0 Å². The molecule has 25 heavy (non-hydrogen) atoms. The second-order valence-corrected chi connectivity index (χ2v) is 6.42. The largest absolute Gasteiger partial charge is 0.377 e. The van der Waals surface area contributed by atoms with Crippen LogP contribution in [-0.2, 0) is 19.5 Å². The van der Waals surface area contributed by atoms with Crippen molar-refractivity contribution in [1.29, 1.82) is 0 Å². The number of nitrogens with one attached hydrogen (secondary N) is 1. The molecule has 0 amide bonds. The molecule has 1 aliphatic rings. The molecular formula is C18H19F2N5. The molecule has 2 aromatic heterocycles. The highest BCUT2D eigenvalue weighted by Gasteiger charge is 2.16. The van der Waals surface area contributed by atoms with Gasteiger partial charge in [-0.1, -0.05) is 6.42 Å². The molecule has 0 aliphatic carbocycles. The summed E-state index contributed by atoms with van der Waals surface area (Å²) in [6, 6.07) is 4.51. The van der Waals surface area contributed by atoms with Gasteiger partial charge >= 0.3 is 0 Å². The Balaban J connectivity index is 1.66. The zero-order valence-corrected chi connectivity index (χ0v) is 14.0. The van der Waals surface area contributed by atoms with Crippen LogP contribution in [0.1, 0.15) is 36.6 Å². The lowest BCUT2D eigenvalue weighted by atomic mass is 10.1. The standard InChI is InChI=1S/C18H19F2N5/c1-11-9-14(12-6-7-13(19)17(20)18(12)22-11)21-10-16-24-23-15-5-3-2-4-8-25(15)16/h6-7,9H,2-5,8,10H2,1H3,(H,21,22). The molecule has 0 unspecified atom stereocenters. The Labute approximate surface area is 144 Å². The lowest BCUT2D eigenvalue weighted by Gasteiger charge is -2.12. The first-order valence-electron chi connectivity index (χ1n) is 8.53. The van der Waals surface area contributed by atoms with Crippen LogP contribution in [0.5, 0.6) is 0 Å². The second-order valence-electron chi connectivity index (χ2n) is 6.42. The van der Waals surface area contributed by atoms with Gasteiger partial charge in [0.25, 0.3) is 0 Å². The van der Waals surface area contributed by atoms with E-state index in [1.165, 1.54) is 6.42 Å². The summed E-state index contributed by atoms with van der Waals surface area (Å²) in [4.78, 5) is 4.14. The van der Waals surface area contributed by atoms with E-state index in [2.05, 4.69) is 25.1 Å². The highest BCUT2D eigenvalue weighted by molar-refractivity contribution is 5.91. The number of rotatable bonds is 3.